The molecule has 0 unspecified atom stereocenters. The highest BCUT2D eigenvalue weighted by molar-refractivity contribution is 5.30. The first-order valence-corrected chi connectivity index (χ1v) is 7.37. The fraction of sp³-hybridized carbons (Fsp3) is 0.111. The van der Waals surface area contributed by atoms with Crippen LogP contribution >= 0.6 is 0 Å². The molecule has 0 aliphatic heterocycles. The molecule has 0 fully saturated rings. The van der Waals surface area contributed by atoms with Gasteiger partial charge < -0.3 is 15.2 Å². The van der Waals surface area contributed by atoms with Crippen molar-refractivity contribution in [3.05, 3.63) is 77.7 Å². The quantitative estimate of drug-likeness (QED) is 0.752. The van der Waals surface area contributed by atoms with Crippen molar-refractivity contribution < 1.29 is 13.9 Å². The van der Waals surface area contributed by atoms with Crippen molar-refractivity contribution in [1.82, 2.24) is 9.97 Å². The summed E-state index contributed by atoms with van der Waals surface area (Å²) in [5.41, 5.74) is 7.39. The molecule has 0 aliphatic carbocycles. The van der Waals surface area contributed by atoms with Gasteiger partial charge >= 0.3 is 6.01 Å². The van der Waals surface area contributed by atoms with Crippen molar-refractivity contribution in [3.63, 3.8) is 0 Å². The minimum Gasteiger partial charge on any atom is -0.489 e. The third-order valence-corrected chi connectivity index (χ3v) is 3.29. The second kappa shape index (κ2) is 7.41. The maximum atomic E-state index is 13.0. The number of nitrogens with two attached hydrogens (primary N) is 1. The van der Waals surface area contributed by atoms with Crippen LogP contribution in [0.15, 0.2) is 60.8 Å². The monoisotopic (exact) mass is 325 g/mol. The zero-order valence-electron chi connectivity index (χ0n) is 12.9. The van der Waals surface area contributed by atoms with E-state index >= 15 is 0 Å². The fourth-order valence-corrected chi connectivity index (χ4v) is 2.00. The normalized spacial score (nSPS) is 10.4. The van der Waals surface area contributed by atoms with Gasteiger partial charge in [-0.15, -0.1) is 0 Å². The van der Waals surface area contributed by atoms with Crippen molar-refractivity contribution in [2.75, 3.05) is 5.73 Å². The minimum atomic E-state index is -0.665. The summed E-state index contributed by atoms with van der Waals surface area (Å²) in [6.07, 6.45) is 0.984. The van der Waals surface area contributed by atoms with E-state index in [9.17, 15) is 4.39 Å². The molecule has 0 bridgehead atoms. The number of halogens is 1. The number of nitrogen functional groups attached to an aromatic ring is 1. The Morgan fingerprint density at radius 3 is 2.25 bits per heavy atom. The first-order valence-electron chi connectivity index (χ1n) is 7.37. The predicted octanol–water partition coefficient (Wildman–Crippen LogP) is 3.36. The molecule has 0 radical (unpaired) electrons. The summed E-state index contributed by atoms with van der Waals surface area (Å²) in [4.78, 5) is 7.43. The molecule has 0 saturated heterocycles. The summed E-state index contributed by atoms with van der Waals surface area (Å²) in [5, 5.41) is 0. The van der Waals surface area contributed by atoms with E-state index in [1.165, 1.54) is 0 Å². The maximum Gasteiger partial charge on any atom is 0.318 e. The van der Waals surface area contributed by atoms with Gasteiger partial charge in [-0.3, -0.25) is 0 Å². The average molecular weight is 325 g/mol. The second-order valence-electron chi connectivity index (χ2n) is 5.09. The van der Waals surface area contributed by atoms with Gasteiger partial charge in [-0.1, -0.05) is 42.5 Å². The summed E-state index contributed by atoms with van der Waals surface area (Å²) in [7, 11) is 0. The molecule has 0 amide bonds. The van der Waals surface area contributed by atoms with Gasteiger partial charge in [0.2, 0.25) is 0 Å². The lowest BCUT2D eigenvalue weighted by Crippen LogP contribution is -2.03. The summed E-state index contributed by atoms with van der Waals surface area (Å²) >= 11 is 0. The van der Waals surface area contributed by atoms with E-state index in [2.05, 4.69) is 9.97 Å². The molecule has 0 spiro atoms. The molecular weight excluding hydrogens is 309 g/mol. The highest BCUT2D eigenvalue weighted by Crippen LogP contribution is 2.16. The van der Waals surface area contributed by atoms with Gasteiger partial charge in [0.1, 0.15) is 19.0 Å². The molecule has 2 aromatic carbocycles. The van der Waals surface area contributed by atoms with Gasteiger partial charge in [0.05, 0.1) is 6.20 Å². The Morgan fingerprint density at radius 2 is 1.54 bits per heavy atom. The third-order valence-electron chi connectivity index (χ3n) is 3.29. The topological polar surface area (TPSA) is 70.3 Å². The summed E-state index contributed by atoms with van der Waals surface area (Å²) in [6, 6.07) is 17.5. The molecule has 5 nitrogen and oxygen atoms in total. The van der Waals surface area contributed by atoms with Crippen molar-refractivity contribution in [1.29, 1.82) is 0 Å². The largest absolute Gasteiger partial charge is 0.489 e. The molecule has 2 N–H and O–H groups in total. The number of aromatic nitrogens is 2. The zero-order valence-corrected chi connectivity index (χ0v) is 12.9. The number of hydrogen-bond acceptors (Lipinski definition) is 5. The van der Waals surface area contributed by atoms with Crippen LogP contribution in [0.2, 0.25) is 0 Å². The molecule has 1 aromatic heterocycles. The van der Waals surface area contributed by atoms with E-state index in [-0.39, 0.29) is 18.4 Å². The van der Waals surface area contributed by atoms with Crippen LogP contribution in [-0.4, -0.2) is 9.97 Å². The van der Waals surface area contributed by atoms with Crippen LogP contribution in [0.1, 0.15) is 11.1 Å². The Balaban J connectivity index is 1.53. The average Bonchev–Trinajstić information content (AvgIpc) is 2.63. The standard InChI is InChI=1S/C18H16FN3O2/c19-16-10-21-18(22-17(16)20)24-12-14-6-8-15(9-7-14)23-11-13-4-2-1-3-5-13/h1-10H,11-12H2,(H2,20,21,22). The Morgan fingerprint density at radius 1 is 0.875 bits per heavy atom. The molecule has 122 valence electrons. The van der Waals surface area contributed by atoms with Gasteiger partial charge in [-0.2, -0.15) is 4.98 Å². The molecular formula is C18H16FN3O2. The van der Waals surface area contributed by atoms with E-state index in [1.54, 1.807) is 0 Å². The van der Waals surface area contributed by atoms with Crippen molar-refractivity contribution in [2.24, 2.45) is 0 Å². The van der Waals surface area contributed by atoms with Crippen LogP contribution in [0.5, 0.6) is 11.8 Å². The first kappa shape index (κ1) is 15.7. The van der Waals surface area contributed by atoms with Gasteiger partial charge in [0, 0.05) is 0 Å². The highest BCUT2D eigenvalue weighted by atomic mass is 19.1. The van der Waals surface area contributed by atoms with Crippen LogP contribution in [0, 0.1) is 5.82 Å². The number of nitrogens with zero attached hydrogens (tertiary/aromatic N) is 2. The summed E-state index contributed by atoms with van der Waals surface area (Å²) in [6.45, 7) is 0.767. The van der Waals surface area contributed by atoms with Crippen LogP contribution in [-0.2, 0) is 13.2 Å². The minimum absolute atomic E-state index is 0.0401. The van der Waals surface area contributed by atoms with Gasteiger partial charge in [-0.25, -0.2) is 9.37 Å². The third kappa shape index (κ3) is 4.19. The lowest BCUT2D eigenvalue weighted by Gasteiger charge is -2.08. The van der Waals surface area contributed by atoms with Crippen LogP contribution in [0.4, 0.5) is 10.2 Å². The van der Waals surface area contributed by atoms with Crippen LogP contribution < -0.4 is 15.2 Å². The first-order chi connectivity index (χ1) is 11.7. The molecule has 24 heavy (non-hydrogen) atoms. The number of rotatable bonds is 6. The molecule has 3 rings (SSSR count). The smallest absolute Gasteiger partial charge is 0.318 e. The van der Waals surface area contributed by atoms with Crippen LogP contribution in [0.25, 0.3) is 0 Å². The zero-order chi connectivity index (χ0) is 16.8. The lowest BCUT2D eigenvalue weighted by molar-refractivity contribution is 0.279. The molecule has 0 aliphatic rings. The highest BCUT2D eigenvalue weighted by Gasteiger charge is 2.04. The molecule has 6 heteroatoms. The molecule has 3 aromatic rings. The predicted molar refractivity (Wildman–Crippen MR) is 88.0 cm³/mol. The van der Waals surface area contributed by atoms with Gasteiger partial charge in [0.15, 0.2) is 11.6 Å². The Bertz CT molecular complexity index is 795. The Labute approximate surface area is 138 Å². The lowest BCUT2D eigenvalue weighted by atomic mass is 10.2. The Hall–Kier alpha value is -3.15. The number of benzene rings is 2. The van der Waals surface area contributed by atoms with E-state index in [1.807, 2.05) is 54.6 Å². The molecule has 0 atom stereocenters. The van der Waals surface area contributed by atoms with E-state index in [4.69, 9.17) is 15.2 Å². The van der Waals surface area contributed by atoms with Crippen molar-refractivity contribution >= 4 is 5.82 Å². The molecule has 1 heterocycles. The fourth-order valence-electron chi connectivity index (χ4n) is 2.00. The summed E-state index contributed by atoms with van der Waals surface area (Å²) in [5.74, 6) is -0.128. The SMILES string of the molecule is Nc1nc(OCc2ccc(OCc3ccccc3)cc2)ncc1F. The summed E-state index contributed by atoms with van der Waals surface area (Å²) < 4.78 is 24.1. The Kier molecular flexibility index (Phi) is 4.86. The molecule has 0 saturated carbocycles. The van der Waals surface area contributed by atoms with Gasteiger partial charge in [0.25, 0.3) is 0 Å². The van der Waals surface area contributed by atoms with E-state index in [0.29, 0.717) is 6.61 Å². The van der Waals surface area contributed by atoms with E-state index in [0.717, 1.165) is 23.1 Å². The number of hydrogen-bond donors (Lipinski definition) is 1. The van der Waals surface area contributed by atoms with Gasteiger partial charge in [-0.05, 0) is 23.3 Å². The van der Waals surface area contributed by atoms with E-state index < -0.39 is 5.82 Å². The number of ether oxygens (including phenoxy) is 2. The maximum absolute atomic E-state index is 13.0. The number of anilines is 1. The van der Waals surface area contributed by atoms with Crippen molar-refractivity contribution in [2.45, 2.75) is 13.2 Å². The van der Waals surface area contributed by atoms with Crippen molar-refractivity contribution in [3.8, 4) is 11.8 Å². The second-order valence-corrected chi connectivity index (χ2v) is 5.09. The van der Waals surface area contributed by atoms with Crippen LogP contribution in [0.3, 0.4) is 0 Å².